The number of nitrogens with one attached hydrogen (secondary N) is 1. The van der Waals surface area contributed by atoms with Crippen molar-refractivity contribution in [1.29, 1.82) is 0 Å². The highest BCUT2D eigenvalue weighted by molar-refractivity contribution is 7.98. The zero-order valence-corrected chi connectivity index (χ0v) is 6.16. The van der Waals surface area contributed by atoms with Crippen molar-refractivity contribution < 1.29 is 4.52 Å². The highest BCUT2D eigenvalue weighted by atomic mass is 32.2. The van der Waals surface area contributed by atoms with Crippen LogP contribution in [0.25, 0.3) is 0 Å². The summed E-state index contributed by atoms with van der Waals surface area (Å²) in [5.74, 6) is 0.777. The van der Waals surface area contributed by atoms with E-state index in [-0.39, 0.29) is 0 Å². The van der Waals surface area contributed by atoms with Crippen LogP contribution < -0.4 is 5.32 Å². The van der Waals surface area contributed by atoms with Gasteiger partial charge in [0, 0.05) is 13.1 Å². The van der Waals surface area contributed by atoms with E-state index in [9.17, 15) is 0 Å². The summed E-state index contributed by atoms with van der Waals surface area (Å²) < 4.78 is 4.86. The molecule has 1 aromatic heterocycles. The molecule has 0 aliphatic heterocycles. The highest BCUT2D eigenvalue weighted by Crippen LogP contribution is 2.17. The molecule has 0 aliphatic rings. The Morgan fingerprint density at radius 1 is 1.78 bits per heavy atom. The molecule has 0 amide bonds. The Labute approximate surface area is 57.8 Å². The van der Waals surface area contributed by atoms with Gasteiger partial charge in [0.1, 0.15) is 0 Å². The normalized spacial score (nSPS) is 9.56. The summed E-state index contributed by atoms with van der Waals surface area (Å²) in [6, 6.07) is 1.85. The molecule has 0 fully saturated rings. The molecular formula is C5H8N2OS. The Morgan fingerprint density at radius 3 is 2.89 bits per heavy atom. The number of anilines is 1. The van der Waals surface area contributed by atoms with E-state index >= 15 is 0 Å². The van der Waals surface area contributed by atoms with Crippen LogP contribution in [-0.2, 0) is 0 Å². The molecule has 50 valence electrons. The van der Waals surface area contributed by atoms with Crippen LogP contribution in [0.2, 0.25) is 0 Å². The van der Waals surface area contributed by atoms with Gasteiger partial charge < -0.3 is 9.84 Å². The summed E-state index contributed by atoms with van der Waals surface area (Å²) >= 11 is 1.54. The molecule has 0 spiro atoms. The van der Waals surface area contributed by atoms with E-state index in [0.29, 0.717) is 0 Å². The van der Waals surface area contributed by atoms with Crippen LogP contribution in [0.15, 0.2) is 15.7 Å². The number of thioether (sulfide) groups is 1. The van der Waals surface area contributed by atoms with Gasteiger partial charge in [0.2, 0.25) is 0 Å². The monoisotopic (exact) mass is 144 g/mol. The number of hydrogen-bond donors (Lipinski definition) is 1. The van der Waals surface area contributed by atoms with Crippen molar-refractivity contribution in [1.82, 2.24) is 5.16 Å². The van der Waals surface area contributed by atoms with Crippen LogP contribution in [0.5, 0.6) is 0 Å². The molecule has 1 N–H and O–H groups in total. The van der Waals surface area contributed by atoms with Gasteiger partial charge in [-0.25, -0.2) is 0 Å². The minimum absolute atomic E-state index is 0.777. The number of hydrogen-bond acceptors (Lipinski definition) is 4. The second kappa shape index (κ2) is 2.77. The second-order valence-corrected chi connectivity index (χ2v) is 2.30. The minimum atomic E-state index is 0.777. The van der Waals surface area contributed by atoms with Crippen molar-refractivity contribution in [2.75, 3.05) is 18.6 Å². The molecule has 9 heavy (non-hydrogen) atoms. The van der Waals surface area contributed by atoms with Crippen molar-refractivity contribution in [2.24, 2.45) is 0 Å². The quantitative estimate of drug-likeness (QED) is 0.637. The molecule has 0 aromatic carbocycles. The predicted molar refractivity (Wildman–Crippen MR) is 37.8 cm³/mol. The molecule has 0 bridgehead atoms. The summed E-state index contributed by atoms with van der Waals surface area (Å²) in [7, 11) is 1.81. The third-order valence-corrected chi connectivity index (χ3v) is 1.54. The zero-order valence-electron chi connectivity index (χ0n) is 5.34. The Balaban J connectivity index is 2.74. The minimum Gasteiger partial charge on any atom is -0.370 e. The third-order valence-electron chi connectivity index (χ3n) is 0.946. The maximum atomic E-state index is 4.86. The van der Waals surface area contributed by atoms with E-state index in [0.717, 1.165) is 10.9 Å². The highest BCUT2D eigenvalue weighted by Gasteiger charge is 1.97. The van der Waals surface area contributed by atoms with Crippen LogP contribution in [0.3, 0.4) is 0 Å². The van der Waals surface area contributed by atoms with E-state index in [1.807, 2.05) is 19.4 Å². The van der Waals surface area contributed by atoms with Crippen molar-refractivity contribution >= 4 is 17.6 Å². The maximum Gasteiger partial charge on any atom is 0.195 e. The smallest absolute Gasteiger partial charge is 0.195 e. The Hall–Kier alpha value is -0.640. The molecule has 0 aliphatic carbocycles. The lowest BCUT2D eigenvalue weighted by atomic mass is 10.6. The Bertz CT molecular complexity index is 168. The fourth-order valence-corrected chi connectivity index (χ4v) is 0.814. The van der Waals surface area contributed by atoms with E-state index in [1.165, 1.54) is 11.8 Å². The molecule has 0 saturated heterocycles. The largest absolute Gasteiger partial charge is 0.370 e. The van der Waals surface area contributed by atoms with Gasteiger partial charge in [-0.2, -0.15) is 0 Å². The average molecular weight is 144 g/mol. The van der Waals surface area contributed by atoms with E-state index in [1.54, 1.807) is 0 Å². The van der Waals surface area contributed by atoms with Gasteiger partial charge in [-0.05, 0) is 6.26 Å². The van der Waals surface area contributed by atoms with Gasteiger partial charge in [0.15, 0.2) is 10.9 Å². The molecule has 1 rings (SSSR count). The van der Waals surface area contributed by atoms with Crippen LogP contribution in [0, 0.1) is 0 Å². The van der Waals surface area contributed by atoms with E-state index < -0.39 is 0 Å². The van der Waals surface area contributed by atoms with Gasteiger partial charge in [0.05, 0.1) is 0 Å². The maximum absolute atomic E-state index is 4.86. The fourth-order valence-electron chi connectivity index (χ4n) is 0.473. The summed E-state index contributed by atoms with van der Waals surface area (Å²) in [4.78, 5) is 0. The third kappa shape index (κ3) is 1.38. The van der Waals surface area contributed by atoms with Gasteiger partial charge >= 0.3 is 0 Å². The second-order valence-electron chi connectivity index (χ2n) is 1.49. The van der Waals surface area contributed by atoms with Crippen LogP contribution in [0.1, 0.15) is 0 Å². The van der Waals surface area contributed by atoms with Gasteiger partial charge in [0.25, 0.3) is 0 Å². The summed E-state index contributed by atoms with van der Waals surface area (Å²) in [6.45, 7) is 0. The molecular weight excluding hydrogens is 136 g/mol. The standard InChI is InChI=1S/C5H8N2OS/c1-6-4-3-5(9-2)8-7-4/h3H,1-2H3,(H,6,7). The van der Waals surface area contributed by atoms with Crippen molar-refractivity contribution in [3.63, 3.8) is 0 Å². The number of rotatable bonds is 2. The Morgan fingerprint density at radius 2 is 2.56 bits per heavy atom. The molecule has 1 aromatic rings. The van der Waals surface area contributed by atoms with Gasteiger partial charge in [-0.3, -0.25) is 0 Å². The number of aromatic nitrogens is 1. The Kier molecular flexibility index (Phi) is 2.00. The van der Waals surface area contributed by atoms with Crippen LogP contribution in [0.4, 0.5) is 5.82 Å². The van der Waals surface area contributed by atoms with Crippen molar-refractivity contribution in [3.05, 3.63) is 6.07 Å². The van der Waals surface area contributed by atoms with Gasteiger partial charge in [-0.15, -0.1) is 0 Å². The lowest BCUT2D eigenvalue weighted by molar-refractivity contribution is 0.352. The van der Waals surface area contributed by atoms with E-state index in [4.69, 9.17) is 4.52 Å². The van der Waals surface area contributed by atoms with Crippen LogP contribution >= 0.6 is 11.8 Å². The summed E-state index contributed by atoms with van der Waals surface area (Å²) in [5.41, 5.74) is 0. The molecule has 3 nitrogen and oxygen atoms in total. The first-order chi connectivity index (χ1) is 4.36. The SMILES string of the molecule is CNc1cc(SC)on1. The number of nitrogens with zero attached hydrogens (tertiary/aromatic N) is 1. The fraction of sp³-hybridized carbons (Fsp3) is 0.400. The molecule has 0 atom stereocenters. The lowest BCUT2D eigenvalue weighted by Gasteiger charge is -1.82. The van der Waals surface area contributed by atoms with Crippen LogP contribution in [-0.4, -0.2) is 18.5 Å². The first-order valence-corrected chi connectivity index (χ1v) is 3.77. The lowest BCUT2D eigenvalue weighted by Crippen LogP contribution is -1.84. The molecule has 1 heterocycles. The molecule has 0 radical (unpaired) electrons. The summed E-state index contributed by atoms with van der Waals surface area (Å²) in [6.07, 6.45) is 1.94. The molecule has 4 heteroatoms. The molecule has 0 saturated carbocycles. The van der Waals surface area contributed by atoms with Crippen molar-refractivity contribution in [2.45, 2.75) is 5.09 Å². The van der Waals surface area contributed by atoms with E-state index in [2.05, 4.69) is 10.5 Å². The first kappa shape index (κ1) is 6.48. The first-order valence-electron chi connectivity index (χ1n) is 2.55. The average Bonchev–Trinajstić information content (AvgIpc) is 2.34. The predicted octanol–water partition coefficient (Wildman–Crippen LogP) is 1.44. The van der Waals surface area contributed by atoms with Gasteiger partial charge in [-0.1, -0.05) is 16.9 Å². The summed E-state index contributed by atoms with van der Waals surface area (Å²) in [5, 5.41) is 7.39. The topological polar surface area (TPSA) is 38.1 Å². The molecule has 0 unspecified atom stereocenters. The van der Waals surface area contributed by atoms with Crippen molar-refractivity contribution in [3.8, 4) is 0 Å². The zero-order chi connectivity index (χ0) is 6.69.